The quantitative estimate of drug-likeness (QED) is 0.701. The van der Waals surface area contributed by atoms with Gasteiger partial charge in [0, 0.05) is 6.42 Å². The Balaban J connectivity index is 1.74. The fraction of sp³-hybridized carbons (Fsp3) is 0.190. The molecule has 0 spiro atoms. The van der Waals surface area contributed by atoms with Crippen molar-refractivity contribution in [1.82, 2.24) is 5.32 Å². The summed E-state index contributed by atoms with van der Waals surface area (Å²) in [7, 11) is 0. The van der Waals surface area contributed by atoms with Crippen molar-refractivity contribution in [2.75, 3.05) is 0 Å². The molecule has 3 rings (SSSR count). The second-order valence-corrected chi connectivity index (χ2v) is 6.02. The molecule has 128 valence electrons. The Bertz CT molecular complexity index is 798. The Morgan fingerprint density at radius 2 is 1.72 bits per heavy atom. The van der Waals surface area contributed by atoms with Crippen LogP contribution < -0.4 is 5.32 Å². The van der Waals surface area contributed by atoms with Gasteiger partial charge < -0.3 is 9.73 Å². The summed E-state index contributed by atoms with van der Waals surface area (Å²) in [6.45, 7) is 1.95. The summed E-state index contributed by atoms with van der Waals surface area (Å²) < 4.78 is 18.7. The predicted octanol–water partition coefficient (Wildman–Crippen LogP) is 4.82. The highest BCUT2D eigenvalue weighted by atomic mass is 19.1. The maximum Gasteiger partial charge on any atom is 0.221 e. The van der Waals surface area contributed by atoms with Crippen molar-refractivity contribution in [2.45, 2.75) is 25.3 Å². The number of carbonyl (C=O) groups is 1. The average molecular weight is 337 g/mol. The molecule has 0 saturated heterocycles. The van der Waals surface area contributed by atoms with Gasteiger partial charge in [0.1, 0.15) is 11.6 Å². The Kier molecular flexibility index (Phi) is 5.29. The lowest BCUT2D eigenvalue weighted by Gasteiger charge is -2.18. The Hall–Kier alpha value is -2.88. The molecule has 25 heavy (non-hydrogen) atoms. The predicted molar refractivity (Wildman–Crippen MR) is 94.6 cm³/mol. The maximum atomic E-state index is 13.2. The molecular formula is C21H20FNO2. The zero-order valence-corrected chi connectivity index (χ0v) is 14.0. The van der Waals surface area contributed by atoms with Gasteiger partial charge in [-0.25, -0.2) is 4.39 Å². The maximum absolute atomic E-state index is 13.2. The van der Waals surface area contributed by atoms with E-state index in [1.807, 2.05) is 43.3 Å². The number of halogens is 1. The third kappa shape index (κ3) is 4.35. The van der Waals surface area contributed by atoms with Crippen molar-refractivity contribution < 1.29 is 13.6 Å². The topological polar surface area (TPSA) is 42.2 Å². The van der Waals surface area contributed by atoms with E-state index in [0.29, 0.717) is 5.76 Å². The van der Waals surface area contributed by atoms with E-state index < -0.39 is 0 Å². The second kappa shape index (κ2) is 7.79. The number of hydrogen-bond donors (Lipinski definition) is 1. The van der Waals surface area contributed by atoms with Crippen molar-refractivity contribution in [3.05, 3.63) is 95.7 Å². The first-order valence-corrected chi connectivity index (χ1v) is 8.26. The summed E-state index contributed by atoms with van der Waals surface area (Å²) in [6, 6.07) is 19.5. The zero-order chi connectivity index (χ0) is 17.6. The van der Waals surface area contributed by atoms with Crippen molar-refractivity contribution in [3.63, 3.8) is 0 Å². The molecule has 0 aliphatic rings. The lowest BCUT2D eigenvalue weighted by atomic mass is 9.92. The molecule has 1 N–H and O–H groups in total. The van der Waals surface area contributed by atoms with Crippen molar-refractivity contribution in [1.29, 1.82) is 0 Å². The lowest BCUT2D eigenvalue weighted by molar-refractivity contribution is -0.122. The molecule has 0 bridgehead atoms. The number of nitrogens with one attached hydrogen (secondary N) is 1. The van der Waals surface area contributed by atoms with Gasteiger partial charge in [0.15, 0.2) is 0 Å². The molecule has 0 aliphatic heterocycles. The van der Waals surface area contributed by atoms with Gasteiger partial charge in [-0.2, -0.15) is 0 Å². The summed E-state index contributed by atoms with van der Waals surface area (Å²) >= 11 is 0. The molecule has 1 heterocycles. The Labute approximate surface area is 146 Å². The normalized spacial score (nSPS) is 13.2. The molecule has 0 saturated carbocycles. The van der Waals surface area contributed by atoms with Crippen LogP contribution in [0.1, 0.15) is 42.2 Å². The molecule has 3 aromatic rings. The highest BCUT2D eigenvalue weighted by Crippen LogP contribution is 2.29. The molecule has 0 fully saturated rings. The first kappa shape index (κ1) is 17.0. The van der Waals surface area contributed by atoms with Gasteiger partial charge in [-0.15, -0.1) is 0 Å². The standard InChI is InChI=1S/C21H20FNO2/c1-15(16-6-3-2-4-7-16)23-21(24)14-19(20-8-5-13-25-20)17-9-11-18(22)12-10-17/h2-13,15,19H,14H2,1H3,(H,23,24)/t15-,19-/m1/s1. The summed E-state index contributed by atoms with van der Waals surface area (Å²) in [6.07, 6.45) is 1.81. The van der Waals surface area contributed by atoms with Gasteiger partial charge in [-0.05, 0) is 42.3 Å². The largest absolute Gasteiger partial charge is 0.469 e. The van der Waals surface area contributed by atoms with E-state index in [1.54, 1.807) is 24.5 Å². The Morgan fingerprint density at radius 3 is 2.36 bits per heavy atom. The molecule has 4 heteroatoms. The van der Waals surface area contributed by atoms with E-state index in [4.69, 9.17) is 4.42 Å². The van der Waals surface area contributed by atoms with E-state index in [0.717, 1.165) is 11.1 Å². The highest BCUT2D eigenvalue weighted by molar-refractivity contribution is 5.77. The molecule has 3 nitrogen and oxygen atoms in total. The molecule has 1 aromatic heterocycles. The summed E-state index contributed by atoms with van der Waals surface area (Å²) in [5.41, 5.74) is 1.89. The smallest absolute Gasteiger partial charge is 0.221 e. The second-order valence-electron chi connectivity index (χ2n) is 6.02. The van der Waals surface area contributed by atoms with Crippen LogP contribution in [-0.2, 0) is 4.79 Å². The van der Waals surface area contributed by atoms with Crippen molar-refractivity contribution in [2.24, 2.45) is 0 Å². The number of benzene rings is 2. The number of furan rings is 1. The van der Waals surface area contributed by atoms with E-state index in [2.05, 4.69) is 5.32 Å². The molecule has 1 amide bonds. The number of amides is 1. The van der Waals surface area contributed by atoms with Crippen LogP contribution in [0.15, 0.2) is 77.4 Å². The highest BCUT2D eigenvalue weighted by Gasteiger charge is 2.22. The van der Waals surface area contributed by atoms with Gasteiger partial charge in [0.2, 0.25) is 5.91 Å². The van der Waals surface area contributed by atoms with Gasteiger partial charge >= 0.3 is 0 Å². The first-order valence-electron chi connectivity index (χ1n) is 8.26. The molecule has 2 atom stereocenters. The minimum atomic E-state index is -0.302. The van der Waals surface area contributed by atoms with Crippen molar-refractivity contribution in [3.8, 4) is 0 Å². The van der Waals surface area contributed by atoms with Gasteiger partial charge in [0.05, 0.1) is 18.2 Å². The lowest BCUT2D eigenvalue weighted by Crippen LogP contribution is -2.28. The number of hydrogen-bond acceptors (Lipinski definition) is 2. The minimum absolute atomic E-state index is 0.0814. The van der Waals surface area contributed by atoms with E-state index in [9.17, 15) is 9.18 Å². The van der Waals surface area contributed by atoms with Crippen LogP contribution in [0, 0.1) is 5.82 Å². The first-order chi connectivity index (χ1) is 12.1. The van der Waals surface area contributed by atoms with Gasteiger partial charge in [-0.3, -0.25) is 4.79 Å². The summed E-state index contributed by atoms with van der Waals surface area (Å²) in [5, 5.41) is 3.02. The zero-order valence-electron chi connectivity index (χ0n) is 14.0. The van der Waals surface area contributed by atoms with Crippen LogP contribution in [-0.4, -0.2) is 5.91 Å². The molecule has 0 aliphatic carbocycles. The fourth-order valence-electron chi connectivity index (χ4n) is 2.88. The van der Waals surface area contributed by atoms with Gasteiger partial charge in [-0.1, -0.05) is 42.5 Å². The van der Waals surface area contributed by atoms with Crippen molar-refractivity contribution >= 4 is 5.91 Å². The number of carbonyl (C=O) groups excluding carboxylic acids is 1. The van der Waals surface area contributed by atoms with Gasteiger partial charge in [0.25, 0.3) is 0 Å². The van der Waals surface area contributed by atoms with Crippen LogP contribution in [0.4, 0.5) is 4.39 Å². The Morgan fingerprint density at radius 1 is 1.00 bits per heavy atom. The van der Waals surface area contributed by atoms with Crippen LogP contribution in [0.5, 0.6) is 0 Å². The van der Waals surface area contributed by atoms with E-state index in [1.165, 1.54) is 12.1 Å². The molecule has 0 radical (unpaired) electrons. The van der Waals surface area contributed by atoms with E-state index in [-0.39, 0.29) is 30.1 Å². The third-order valence-corrected chi connectivity index (χ3v) is 4.23. The fourth-order valence-corrected chi connectivity index (χ4v) is 2.88. The monoisotopic (exact) mass is 337 g/mol. The van der Waals surface area contributed by atoms with Crippen LogP contribution in [0.25, 0.3) is 0 Å². The third-order valence-electron chi connectivity index (χ3n) is 4.23. The summed E-state index contributed by atoms with van der Waals surface area (Å²) in [4.78, 5) is 12.5. The molecular weight excluding hydrogens is 317 g/mol. The minimum Gasteiger partial charge on any atom is -0.469 e. The summed E-state index contributed by atoms with van der Waals surface area (Å²) in [5.74, 6) is 0.0545. The molecule has 2 aromatic carbocycles. The van der Waals surface area contributed by atoms with Crippen LogP contribution >= 0.6 is 0 Å². The average Bonchev–Trinajstić information content (AvgIpc) is 3.15. The number of rotatable bonds is 6. The van der Waals surface area contributed by atoms with Crippen LogP contribution in [0.3, 0.4) is 0 Å². The SMILES string of the molecule is C[C@@H](NC(=O)C[C@H](c1ccc(F)cc1)c1ccco1)c1ccccc1. The molecule has 0 unspecified atom stereocenters. The van der Waals surface area contributed by atoms with E-state index >= 15 is 0 Å². The van der Waals surface area contributed by atoms with Crippen LogP contribution in [0.2, 0.25) is 0 Å².